The minimum atomic E-state index is -1.17. The lowest BCUT2D eigenvalue weighted by atomic mass is 9.93. The zero-order chi connectivity index (χ0) is 29.5. The summed E-state index contributed by atoms with van der Waals surface area (Å²) in [7, 11) is 1.44. The van der Waals surface area contributed by atoms with E-state index in [1.165, 1.54) is 40.7 Å². The third-order valence-electron chi connectivity index (χ3n) is 7.42. The molecule has 1 aromatic heterocycles. The van der Waals surface area contributed by atoms with Gasteiger partial charge in [0.25, 0.3) is 5.91 Å². The second-order valence-corrected chi connectivity index (χ2v) is 11.0. The first kappa shape index (κ1) is 28.2. The molecule has 0 N–H and O–H groups in total. The first-order chi connectivity index (χ1) is 20.3. The van der Waals surface area contributed by atoms with Crippen molar-refractivity contribution in [2.24, 2.45) is 0 Å². The first-order valence-corrected chi connectivity index (χ1v) is 14.3. The maximum absolute atomic E-state index is 15.3. The molecule has 6 rings (SSSR count). The Hall–Kier alpha value is -3.94. The number of fused-ring (bicyclic) bond motifs is 4. The molecule has 3 aromatic rings. The number of carbonyl (C=O) groups is 2. The molecule has 1 fully saturated rings. The van der Waals surface area contributed by atoms with Gasteiger partial charge in [-0.2, -0.15) is 0 Å². The topological polar surface area (TPSA) is 99.5 Å². The number of thioether (sulfide) groups is 1. The van der Waals surface area contributed by atoms with Crippen molar-refractivity contribution in [1.82, 2.24) is 9.58 Å². The number of halogens is 2. The normalized spacial score (nSPS) is 20.0. The number of ether oxygens (including phenoxy) is 4. The molecule has 1 amide bonds. The van der Waals surface area contributed by atoms with Gasteiger partial charge in [0.2, 0.25) is 11.2 Å². The number of hydrogen-bond donors (Lipinski definition) is 0. The average Bonchev–Trinajstić information content (AvgIpc) is 3.14. The molecule has 0 bridgehead atoms. The van der Waals surface area contributed by atoms with Crippen molar-refractivity contribution in [3.8, 4) is 5.75 Å². The van der Waals surface area contributed by atoms with E-state index in [1.54, 1.807) is 18.0 Å². The van der Waals surface area contributed by atoms with Crippen LogP contribution in [0.5, 0.6) is 5.75 Å². The van der Waals surface area contributed by atoms with Crippen molar-refractivity contribution >= 4 is 23.8 Å². The molecule has 1 saturated heterocycles. The Labute approximate surface area is 243 Å². The van der Waals surface area contributed by atoms with Crippen LogP contribution in [0, 0.1) is 11.6 Å². The predicted octanol–water partition coefficient (Wildman–Crippen LogP) is 3.82. The van der Waals surface area contributed by atoms with Gasteiger partial charge in [-0.3, -0.25) is 19.3 Å². The fraction of sp³-hybridized carbons (Fsp3) is 0.345. The third kappa shape index (κ3) is 4.80. The molecule has 13 heteroatoms. The van der Waals surface area contributed by atoms with E-state index in [-0.39, 0.29) is 43.4 Å². The summed E-state index contributed by atoms with van der Waals surface area (Å²) in [5.74, 6) is -2.78. The Morgan fingerprint density at radius 3 is 2.76 bits per heavy atom. The van der Waals surface area contributed by atoms with Crippen molar-refractivity contribution in [2.45, 2.75) is 35.9 Å². The number of methoxy groups -OCH3 is 1. The Balaban J connectivity index is 1.56. The maximum atomic E-state index is 15.3. The molecule has 3 aliphatic rings. The van der Waals surface area contributed by atoms with Gasteiger partial charge in [0, 0.05) is 42.1 Å². The largest absolute Gasteiger partial charge is 0.514 e. The van der Waals surface area contributed by atoms with E-state index in [1.807, 2.05) is 24.3 Å². The quantitative estimate of drug-likeness (QED) is 0.406. The fourth-order valence-corrected chi connectivity index (χ4v) is 6.72. The van der Waals surface area contributed by atoms with Gasteiger partial charge in [-0.15, -0.1) is 11.8 Å². The highest BCUT2D eigenvalue weighted by Crippen LogP contribution is 2.45. The van der Waals surface area contributed by atoms with Crippen molar-refractivity contribution in [3.63, 3.8) is 0 Å². The zero-order valence-electron chi connectivity index (χ0n) is 22.7. The maximum Gasteiger partial charge on any atom is 0.514 e. The monoisotopic (exact) mass is 599 g/mol. The van der Waals surface area contributed by atoms with E-state index >= 15 is 4.39 Å². The fourth-order valence-electron chi connectivity index (χ4n) is 5.61. The minimum absolute atomic E-state index is 0.0960. The molecule has 0 spiro atoms. The lowest BCUT2D eigenvalue weighted by molar-refractivity contribution is -0.0200. The van der Waals surface area contributed by atoms with Crippen LogP contribution in [0.2, 0.25) is 0 Å². The molecule has 3 atom stereocenters. The molecule has 10 nitrogen and oxygen atoms in total. The van der Waals surface area contributed by atoms with Gasteiger partial charge in [0.15, 0.2) is 17.3 Å². The highest BCUT2D eigenvalue weighted by molar-refractivity contribution is 7.98. The number of morpholine rings is 1. The molecule has 3 aliphatic heterocycles. The Morgan fingerprint density at radius 1 is 1.14 bits per heavy atom. The Morgan fingerprint density at radius 2 is 1.95 bits per heavy atom. The van der Waals surface area contributed by atoms with Crippen LogP contribution in [0.3, 0.4) is 0 Å². The molecule has 0 saturated carbocycles. The highest BCUT2D eigenvalue weighted by atomic mass is 32.2. The van der Waals surface area contributed by atoms with Crippen molar-refractivity contribution < 1.29 is 37.3 Å². The van der Waals surface area contributed by atoms with E-state index < -0.39 is 53.2 Å². The average molecular weight is 600 g/mol. The number of benzene rings is 2. The molecule has 0 radical (unpaired) electrons. The summed E-state index contributed by atoms with van der Waals surface area (Å²) in [6, 6.07) is 10.6. The van der Waals surface area contributed by atoms with Gasteiger partial charge in [-0.25, -0.2) is 13.6 Å². The van der Waals surface area contributed by atoms with Gasteiger partial charge >= 0.3 is 6.16 Å². The number of pyridine rings is 1. The summed E-state index contributed by atoms with van der Waals surface area (Å²) in [5, 5.41) is 1.79. The molecule has 220 valence electrons. The smallest absolute Gasteiger partial charge is 0.429 e. The second kappa shape index (κ2) is 11.4. The van der Waals surface area contributed by atoms with Crippen LogP contribution in [0.1, 0.15) is 40.1 Å². The SMILES string of the molecule is COC[C@@H](C)OC(=O)Oc1c2n(ccc1=O)N([C@@H]1c3ccccc3SCc3c1ccc(F)c3F)[C@@H]1COCCN1C2=O. The van der Waals surface area contributed by atoms with Crippen LogP contribution in [0.15, 0.2) is 58.4 Å². The van der Waals surface area contributed by atoms with E-state index in [2.05, 4.69) is 0 Å². The Bertz CT molecular complexity index is 1620. The van der Waals surface area contributed by atoms with E-state index in [9.17, 15) is 18.8 Å². The van der Waals surface area contributed by atoms with Crippen molar-refractivity contribution in [3.05, 3.63) is 92.9 Å². The van der Waals surface area contributed by atoms with Crippen molar-refractivity contribution in [1.29, 1.82) is 0 Å². The number of aromatic nitrogens is 1. The molecular weight excluding hydrogens is 572 g/mol. The highest BCUT2D eigenvalue weighted by Gasteiger charge is 2.46. The number of amides is 1. The van der Waals surface area contributed by atoms with Gasteiger partial charge in [0.1, 0.15) is 12.3 Å². The number of nitrogens with zero attached hydrogens (tertiary/aromatic N) is 3. The summed E-state index contributed by atoms with van der Waals surface area (Å²) in [4.78, 5) is 42.1. The number of carbonyl (C=O) groups excluding carboxylic acids is 2. The summed E-state index contributed by atoms with van der Waals surface area (Å²) in [6.45, 7) is 2.22. The van der Waals surface area contributed by atoms with Crippen LogP contribution in [-0.4, -0.2) is 67.4 Å². The molecule has 2 aromatic carbocycles. The molecular formula is C29H27F2N3O7S. The Kier molecular flexibility index (Phi) is 7.64. The standard InChI is InChI=1S/C29H27F2N3O7S/c1-16(13-38-2)40-29(37)41-27-21(35)9-10-33-26(27)28(36)32-11-12-39-14-23(32)34(33)25-17-7-8-20(30)24(31)19(17)15-42-22-6-4-3-5-18(22)25/h3-10,16,23,25H,11-15H2,1-2H3/t16-,23-,25+/m1/s1. The van der Waals surface area contributed by atoms with Gasteiger partial charge in [0.05, 0.1) is 25.9 Å². The van der Waals surface area contributed by atoms with Crippen LogP contribution >= 0.6 is 11.8 Å². The van der Waals surface area contributed by atoms with E-state index in [0.29, 0.717) is 5.56 Å². The lowest BCUT2D eigenvalue weighted by Crippen LogP contribution is -2.66. The van der Waals surface area contributed by atoms with Crippen molar-refractivity contribution in [2.75, 3.05) is 38.5 Å². The molecule has 42 heavy (non-hydrogen) atoms. The van der Waals surface area contributed by atoms with Gasteiger partial charge in [-0.1, -0.05) is 24.3 Å². The van der Waals surface area contributed by atoms with Crippen LogP contribution in [0.4, 0.5) is 13.6 Å². The van der Waals surface area contributed by atoms with E-state index in [4.69, 9.17) is 18.9 Å². The first-order valence-electron chi connectivity index (χ1n) is 13.3. The summed E-state index contributed by atoms with van der Waals surface area (Å²) in [6.07, 6.45) is -1.13. The summed E-state index contributed by atoms with van der Waals surface area (Å²) >= 11 is 1.38. The lowest BCUT2D eigenvalue weighted by Gasteiger charge is -2.51. The predicted molar refractivity (Wildman–Crippen MR) is 147 cm³/mol. The van der Waals surface area contributed by atoms with Crippen LogP contribution in [-0.2, 0) is 20.0 Å². The van der Waals surface area contributed by atoms with Gasteiger partial charge < -0.3 is 23.8 Å². The third-order valence-corrected chi connectivity index (χ3v) is 8.53. The van der Waals surface area contributed by atoms with Crippen LogP contribution < -0.4 is 15.2 Å². The zero-order valence-corrected chi connectivity index (χ0v) is 23.6. The minimum Gasteiger partial charge on any atom is -0.429 e. The summed E-state index contributed by atoms with van der Waals surface area (Å²) in [5.41, 5.74) is 0.563. The van der Waals surface area contributed by atoms with Gasteiger partial charge in [-0.05, 0) is 30.2 Å². The van der Waals surface area contributed by atoms with E-state index in [0.717, 1.165) is 16.5 Å². The van der Waals surface area contributed by atoms with Crippen LogP contribution in [0.25, 0.3) is 0 Å². The summed E-state index contributed by atoms with van der Waals surface area (Å²) < 4.78 is 52.6. The number of hydrogen-bond acceptors (Lipinski definition) is 9. The molecule has 4 heterocycles. The second-order valence-electron chi connectivity index (χ2n) is 10.0. The molecule has 0 aliphatic carbocycles. The molecule has 0 unspecified atom stereocenters. The number of rotatable bonds is 5.